The first-order valence-corrected chi connectivity index (χ1v) is 9.09. The van der Waals surface area contributed by atoms with E-state index in [0.29, 0.717) is 38.1 Å². The van der Waals surface area contributed by atoms with Crippen LogP contribution in [0.5, 0.6) is 5.88 Å². The Morgan fingerprint density at radius 3 is 2.82 bits per heavy atom. The minimum absolute atomic E-state index is 0.136. The van der Waals surface area contributed by atoms with Gasteiger partial charge in [-0.2, -0.15) is 4.52 Å². The van der Waals surface area contributed by atoms with Crippen LogP contribution in [0.3, 0.4) is 0 Å². The molecule has 0 amide bonds. The molecule has 0 saturated heterocycles. The van der Waals surface area contributed by atoms with Crippen LogP contribution in [0.15, 0.2) is 60.1 Å². The fraction of sp³-hybridized carbons (Fsp3) is 0.100. The summed E-state index contributed by atoms with van der Waals surface area (Å²) in [6.07, 6.45) is 6.50. The third kappa shape index (κ3) is 3.44. The van der Waals surface area contributed by atoms with E-state index < -0.39 is 0 Å². The Morgan fingerprint density at radius 1 is 1.39 bits per heavy atom. The highest BCUT2D eigenvalue weighted by molar-refractivity contribution is 6.42. The lowest BCUT2D eigenvalue weighted by molar-refractivity contribution is 0.418. The van der Waals surface area contributed by atoms with Gasteiger partial charge in [0.25, 0.3) is 5.56 Å². The van der Waals surface area contributed by atoms with Gasteiger partial charge in [-0.25, -0.2) is 9.67 Å². The van der Waals surface area contributed by atoms with E-state index in [1.165, 1.54) is 21.5 Å². The predicted molar refractivity (Wildman–Crippen MR) is 113 cm³/mol. The number of aromatic nitrogens is 3. The molecule has 6 nitrogen and oxygen atoms in total. The van der Waals surface area contributed by atoms with Crippen molar-refractivity contribution in [1.29, 1.82) is 0 Å². The van der Waals surface area contributed by atoms with Gasteiger partial charge >= 0.3 is 0 Å². The number of aryl methyl sites for hydroxylation is 1. The van der Waals surface area contributed by atoms with E-state index in [2.05, 4.69) is 11.6 Å². The summed E-state index contributed by atoms with van der Waals surface area (Å²) in [5, 5.41) is 11.3. The zero-order chi connectivity index (χ0) is 20.4. The second kappa shape index (κ2) is 7.96. The van der Waals surface area contributed by atoms with E-state index in [1.54, 1.807) is 43.5 Å². The molecular weight excluding hydrogens is 399 g/mol. The van der Waals surface area contributed by atoms with Gasteiger partial charge in [-0.15, -0.1) is 0 Å². The number of allylic oxidation sites excluding steroid dienone is 4. The minimum Gasteiger partial charge on any atom is -0.493 e. The van der Waals surface area contributed by atoms with Crippen molar-refractivity contribution in [3.05, 3.63) is 92.5 Å². The van der Waals surface area contributed by atoms with Crippen LogP contribution in [0.25, 0.3) is 11.2 Å². The molecule has 2 heterocycles. The fourth-order valence-electron chi connectivity index (χ4n) is 2.99. The quantitative estimate of drug-likeness (QED) is 0.621. The number of rotatable bonds is 5. The van der Waals surface area contributed by atoms with Crippen molar-refractivity contribution in [2.24, 2.45) is 12.8 Å². The average Bonchev–Trinajstić information content (AvgIpc) is 2.90. The van der Waals surface area contributed by atoms with Crippen LogP contribution in [0.1, 0.15) is 16.8 Å². The van der Waals surface area contributed by atoms with Gasteiger partial charge in [0.15, 0.2) is 5.65 Å². The summed E-state index contributed by atoms with van der Waals surface area (Å²) in [6, 6.07) is 6.69. The first-order chi connectivity index (χ1) is 13.4. The number of hydrogen-bond donors (Lipinski definition) is 2. The SMILES string of the molecule is C=C/C=C(\C=C/N)c1cc(O)n2c(n1)c(Cc1cccc(Cl)c1Cl)c(=O)n2C. The van der Waals surface area contributed by atoms with E-state index in [-0.39, 0.29) is 17.9 Å². The smallest absolute Gasteiger partial charge is 0.272 e. The molecule has 0 spiro atoms. The van der Waals surface area contributed by atoms with E-state index in [0.717, 1.165) is 0 Å². The zero-order valence-electron chi connectivity index (χ0n) is 15.1. The molecule has 2 aromatic heterocycles. The molecule has 144 valence electrons. The molecule has 0 atom stereocenters. The van der Waals surface area contributed by atoms with Gasteiger partial charge in [-0.1, -0.05) is 54.1 Å². The zero-order valence-corrected chi connectivity index (χ0v) is 16.6. The van der Waals surface area contributed by atoms with Crippen molar-refractivity contribution in [3.63, 3.8) is 0 Å². The molecule has 0 unspecified atom stereocenters. The van der Waals surface area contributed by atoms with Gasteiger partial charge in [-0.05, 0) is 23.9 Å². The second-order valence-electron chi connectivity index (χ2n) is 6.05. The average molecular weight is 417 g/mol. The monoisotopic (exact) mass is 416 g/mol. The molecule has 3 aromatic rings. The molecule has 0 bridgehead atoms. The van der Waals surface area contributed by atoms with Gasteiger partial charge in [-0.3, -0.25) is 4.79 Å². The van der Waals surface area contributed by atoms with Gasteiger partial charge in [0.1, 0.15) is 0 Å². The van der Waals surface area contributed by atoms with Crippen LogP contribution in [0.2, 0.25) is 10.0 Å². The lowest BCUT2D eigenvalue weighted by Gasteiger charge is -2.08. The van der Waals surface area contributed by atoms with Crippen molar-refractivity contribution >= 4 is 34.4 Å². The number of halogens is 2. The molecule has 0 aliphatic carbocycles. The Kier molecular flexibility index (Phi) is 5.63. The Balaban J connectivity index is 2.27. The van der Waals surface area contributed by atoms with Gasteiger partial charge in [0, 0.05) is 25.1 Å². The first-order valence-electron chi connectivity index (χ1n) is 8.34. The van der Waals surface area contributed by atoms with E-state index in [4.69, 9.17) is 28.9 Å². The van der Waals surface area contributed by atoms with Gasteiger partial charge < -0.3 is 10.8 Å². The highest BCUT2D eigenvalue weighted by atomic mass is 35.5. The molecular formula is C20H18Cl2N4O2. The summed E-state index contributed by atoms with van der Waals surface area (Å²) in [6.45, 7) is 3.67. The number of nitrogens with two attached hydrogens (primary N) is 1. The lowest BCUT2D eigenvalue weighted by atomic mass is 10.1. The topological polar surface area (TPSA) is 85.6 Å². The van der Waals surface area contributed by atoms with Crippen molar-refractivity contribution in [2.75, 3.05) is 0 Å². The largest absolute Gasteiger partial charge is 0.493 e. The van der Waals surface area contributed by atoms with Crippen molar-refractivity contribution < 1.29 is 5.11 Å². The van der Waals surface area contributed by atoms with E-state index in [1.807, 2.05) is 0 Å². The molecule has 0 fully saturated rings. The van der Waals surface area contributed by atoms with E-state index >= 15 is 0 Å². The Bertz CT molecular complexity index is 1190. The maximum absolute atomic E-state index is 12.8. The molecule has 0 radical (unpaired) electrons. The third-order valence-corrected chi connectivity index (χ3v) is 5.16. The molecule has 0 saturated carbocycles. The van der Waals surface area contributed by atoms with Crippen LogP contribution >= 0.6 is 23.2 Å². The minimum atomic E-state index is -0.292. The van der Waals surface area contributed by atoms with Gasteiger partial charge in [0.2, 0.25) is 5.88 Å². The summed E-state index contributed by atoms with van der Waals surface area (Å²) in [5.74, 6) is -0.136. The summed E-state index contributed by atoms with van der Waals surface area (Å²) < 4.78 is 2.64. The van der Waals surface area contributed by atoms with Crippen LogP contribution in [-0.2, 0) is 13.5 Å². The fourth-order valence-corrected chi connectivity index (χ4v) is 3.38. The Hall–Kier alpha value is -2.96. The van der Waals surface area contributed by atoms with Gasteiger partial charge in [0.05, 0.1) is 21.3 Å². The second-order valence-corrected chi connectivity index (χ2v) is 6.83. The normalized spacial score (nSPS) is 12.2. The third-order valence-electron chi connectivity index (χ3n) is 4.30. The summed E-state index contributed by atoms with van der Waals surface area (Å²) in [5.41, 5.74) is 7.69. The molecule has 28 heavy (non-hydrogen) atoms. The Labute approximate surface area is 171 Å². The van der Waals surface area contributed by atoms with Crippen LogP contribution in [0.4, 0.5) is 0 Å². The lowest BCUT2D eigenvalue weighted by Crippen LogP contribution is -2.17. The van der Waals surface area contributed by atoms with Crippen molar-refractivity contribution in [3.8, 4) is 5.88 Å². The summed E-state index contributed by atoms with van der Waals surface area (Å²) in [4.78, 5) is 17.4. The summed E-state index contributed by atoms with van der Waals surface area (Å²) in [7, 11) is 1.56. The molecule has 3 rings (SSSR count). The van der Waals surface area contributed by atoms with Crippen LogP contribution < -0.4 is 11.3 Å². The number of fused-ring (bicyclic) bond motifs is 1. The van der Waals surface area contributed by atoms with Crippen LogP contribution in [0, 0.1) is 0 Å². The maximum atomic E-state index is 12.8. The van der Waals surface area contributed by atoms with Crippen molar-refractivity contribution in [1.82, 2.24) is 14.2 Å². The highest BCUT2D eigenvalue weighted by Gasteiger charge is 2.20. The number of hydrogen-bond acceptors (Lipinski definition) is 4. The summed E-state index contributed by atoms with van der Waals surface area (Å²) >= 11 is 12.4. The Morgan fingerprint density at radius 2 is 2.14 bits per heavy atom. The van der Waals surface area contributed by atoms with E-state index in [9.17, 15) is 9.90 Å². The molecule has 0 aliphatic heterocycles. The predicted octanol–water partition coefficient (Wildman–Crippen LogP) is 3.68. The molecule has 3 N–H and O–H groups in total. The highest BCUT2D eigenvalue weighted by Crippen LogP contribution is 2.28. The number of nitrogens with zero attached hydrogens (tertiary/aromatic N) is 3. The standard InChI is InChI=1S/C20H18Cl2N4O2/c1-3-5-12(8-9-23)16-11-17(27)26-19(24-16)14(20(28)25(26)2)10-13-6-4-7-15(21)18(13)22/h3-9,11,27H,1,10,23H2,2H3/b9-8-,12-5+. The first kappa shape index (κ1) is 19.8. The van der Waals surface area contributed by atoms with Crippen LogP contribution in [-0.4, -0.2) is 19.3 Å². The molecule has 8 heteroatoms. The van der Waals surface area contributed by atoms with Crippen molar-refractivity contribution in [2.45, 2.75) is 6.42 Å². The maximum Gasteiger partial charge on any atom is 0.272 e. The number of benzene rings is 1. The molecule has 0 aliphatic rings. The number of aromatic hydroxyl groups is 1. The molecule has 1 aromatic carbocycles.